The molecule has 2 nitrogen and oxygen atoms in total. The highest BCUT2D eigenvalue weighted by Crippen LogP contribution is 2.07. The summed E-state index contributed by atoms with van der Waals surface area (Å²) in [4.78, 5) is 2.56. The predicted octanol–water partition coefficient (Wildman–Crippen LogP) is 3.30. The predicted molar refractivity (Wildman–Crippen MR) is 78.5 cm³/mol. The molecular formula is C15H32N2. The molecule has 17 heavy (non-hydrogen) atoms. The molecule has 0 amide bonds. The van der Waals surface area contributed by atoms with Crippen LogP contribution in [-0.4, -0.2) is 37.1 Å². The van der Waals surface area contributed by atoms with Crippen LogP contribution in [0.1, 0.15) is 47.0 Å². The van der Waals surface area contributed by atoms with Crippen LogP contribution in [0.25, 0.3) is 0 Å². The smallest absolute Gasteiger partial charge is 0.0223 e. The van der Waals surface area contributed by atoms with E-state index in [4.69, 9.17) is 0 Å². The highest BCUT2D eigenvalue weighted by molar-refractivity contribution is 4.80. The minimum atomic E-state index is 0.664. The van der Waals surface area contributed by atoms with Crippen LogP contribution >= 0.6 is 0 Å². The first kappa shape index (κ1) is 16.7. The third kappa shape index (κ3) is 8.39. The Morgan fingerprint density at radius 1 is 1.18 bits per heavy atom. The van der Waals surface area contributed by atoms with E-state index in [9.17, 15) is 0 Å². The van der Waals surface area contributed by atoms with Crippen LogP contribution in [0.4, 0.5) is 0 Å². The van der Waals surface area contributed by atoms with Crippen molar-refractivity contribution in [1.29, 1.82) is 0 Å². The summed E-state index contributed by atoms with van der Waals surface area (Å²) in [5.74, 6) is 0.733. The Labute approximate surface area is 108 Å². The van der Waals surface area contributed by atoms with Crippen LogP contribution in [0.2, 0.25) is 0 Å². The van der Waals surface area contributed by atoms with Gasteiger partial charge in [-0.2, -0.15) is 0 Å². The molecule has 0 spiro atoms. The normalized spacial score (nSPS) is 13.3. The van der Waals surface area contributed by atoms with Crippen molar-refractivity contribution in [2.45, 2.75) is 53.0 Å². The van der Waals surface area contributed by atoms with Gasteiger partial charge in [-0.25, -0.2) is 0 Å². The SMILES string of the molecule is C=CCN(CCC)C(CCC)CNCC(C)C. The van der Waals surface area contributed by atoms with Gasteiger partial charge in [0, 0.05) is 19.1 Å². The fourth-order valence-electron chi connectivity index (χ4n) is 2.16. The van der Waals surface area contributed by atoms with Crippen LogP contribution < -0.4 is 5.32 Å². The minimum absolute atomic E-state index is 0.664. The molecule has 0 rings (SSSR count). The van der Waals surface area contributed by atoms with Gasteiger partial charge < -0.3 is 5.32 Å². The third-order valence-corrected chi connectivity index (χ3v) is 2.95. The molecular weight excluding hydrogens is 208 g/mol. The molecule has 0 aliphatic heterocycles. The molecule has 102 valence electrons. The number of hydrogen-bond acceptors (Lipinski definition) is 2. The summed E-state index contributed by atoms with van der Waals surface area (Å²) in [5.41, 5.74) is 0. The van der Waals surface area contributed by atoms with Gasteiger partial charge in [-0.1, -0.05) is 40.2 Å². The standard InChI is InChI=1S/C15H32N2/c1-6-9-15(13-16-12-14(4)5)17(10-7-2)11-8-3/h7,14-16H,2,6,8-13H2,1,3-5H3. The lowest BCUT2D eigenvalue weighted by atomic mass is 10.1. The second-order valence-corrected chi connectivity index (χ2v) is 5.28. The largest absolute Gasteiger partial charge is 0.315 e. The van der Waals surface area contributed by atoms with E-state index in [0.717, 1.165) is 25.6 Å². The van der Waals surface area contributed by atoms with Crippen LogP contribution in [0.5, 0.6) is 0 Å². The molecule has 0 radical (unpaired) electrons. The molecule has 0 aliphatic carbocycles. The molecule has 2 heteroatoms. The monoisotopic (exact) mass is 240 g/mol. The maximum Gasteiger partial charge on any atom is 0.0223 e. The first-order valence-electron chi connectivity index (χ1n) is 7.21. The Balaban J connectivity index is 4.17. The zero-order chi connectivity index (χ0) is 13.1. The average molecular weight is 240 g/mol. The summed E-state index contributed by atoms with van der Waals surface area (Å²) in [5, 5.41) is 3.59. The Morgan fingerprint density at radius 2 is 1.88 bits per heavy atom. The van der Waals surface area contributed by atoms with Crippen molar-refractivity contribution in [3.8, 4) is 0 Å². The van der Waals surface area contributed by atoms with Gasteiger partial charge in [0.1, 0.15) is 0 Å². The summed E-state index contributed by atoms with van der Waals surface area (Å²) >= 11 is 0. The van der Waals surface area contributed by atoms with Gasteiger partial charge in [-0.3, -0.25) is 4.90 Å². The van der Waals surface area contributed by atoms with Crippen molar-refractivity contribution >= 4 is 0 Å². The lowest BCUT2D eigenvalue weighted by molar-refractivity contribution is 0.199. The zero-order valence-corrected chi connectivity index (χ0v) is 12.3. The first-order valence-corrected chi connectivity index (χ1v) is 7.21. The third-order valence-electron chi connectivity index (χ3n) is 2.95. The van der Waals surface area contributed by atoms with E-state index >= 15 is 0 Å². The van der Waals surface area contributed by atoms with E-state index < -0.39 is 0 Å². The number of nitrogens with zero attached hydrogens (tertiary/aromatic N) is 1. The summed E-state index contributed by atoms with van der Waals surface area (Å²) < 4.78 is 0. The molecule has 0 saturated carbocycles. The van der Waals surface area contributed by atoms with E-state index in [1.807, 2.05) is 6.08 Å². The van der Waals surface area contributed by atoms with Gasteiger partial charge in [0.05, 0.1) is 0 Å². The fourth-order valence-corrected chi connectivity index (χ4v) is 2.16. The highest BCUT2D eigenvalue weighted by atomic mass is 15.2. The molecule has 0 heterocycles. The van der Waals surface area contributed by atoms with Gasteiger partial charge in [0.15, 0.2) is 0 Å². The Bertz CT molecular complexity index is 178. The molecule has 0 aliphatic rings. The number of nitrogens with one attached hydrogen (secondary N) is 1. The summed E-state index contributed by atoms with van der Waals surface area (Å²) in [6, 6.07) is 0.664. The second-order valence-electron chi connectivity index (χ2n) is 5.28. The second kappa shape index (κ2) is 10.8. The van der Waals surface area contributed by atoms with Crippen LogP contribution in [0.15, 0.2) is 12.7 Å². The van der Waals surface area contributed by atoms with Crippen molar-refractivity contribution < 1.29 is 0 Å². The van der Waals surface area contributed by atoms with E-state index in [-0.39, 0.29) is 0 Å². The Kier molecular flexibility index (Phi) is 10.6. The van der Waals surface area contributed by atoms with Crippen LogP contribution in [-0.2, 0) is 0 Å². The van der Waals surface area contributed by atoms with Crippen LogP contribution in [0, 0.1) is 5.92 Å². The van der Waals surface area contributed by atoms with Crippen molar-refractivity contribution in [2.75, 3.05) is 26.2 Å². The van der Waals surface area contributed by atoms with Gasteiger partial charge in [0.25, 0.3) is 0 Å². The fraction of sp³-hybridized carbons (Fsp3) is 0.867. The Hall–Kier alpha value is -0.340. The van der Waals surface area contributed by atoms with Gasteiger partial charge in [-0.05, 0) is 31.8 Å². The highest BCUT2D eigenvalue weighted by Gasteiger charge is 2.15. The lowest BCUT2D eigenvalue weighted by Crippen LogP contribution is -2.43. The number of hydrogen-bond donors (Lipinski definition) is 1. The van der Waals surface area contributed by atoms with E-state index in [2.05, 4.69) is 44.5 Å². The van der Waals surface area contributed by atoms with Crippen LogP contribution in [0.3, 0.4) is 0 Å². The lowest BCUT2D eigenvalue weighted by Gasteiger charge is -2.31. The molecule has 0 fully saturated rings. The topological polar surface area (TPSA) is 15.3 Å². The van der Waals surface area contributed by atoms with Crippen molar-refractivity contribution in [3.05, 3.63) is 12.7 Å². The zero-order valence-electron chi connectivity index (χ0n) is 12.3. The molecule has 0 aromatic rings. The van der Waals surface area contributed by atoms with Gasteiger partial charge >= 0.3 is 0 Å². The summed E-state index contributed by atoms with van der Waals surface area (Å²) in [7, 11) is 0. The maximum atomic E-state index is 3.87. The molecule has 0 aromatic carbocycles. The van der Waals surface area contributed by atoms with E-state index in [1.165, 1.54) is 25.8 Å². The minimum Gasteiger partial charge on any atom is -0.315 e. The summed E-state index contributed by atoms with van der Waals surface area (Å²) in [6.07, 6.45) is 5.78. The van der Waals surface area contributed by atoms with Gasteiger partial charge in [-0.15, -0.1) is 6.58 Å². The van der Waals surface area contributed by atoms with Crippen molar-refractivity contribution in [2.24, 2.45) is 5.92 Å². The van der Waals surface area contributed by atoms with E-state index in [1.54, 1.807) is 0 Å². The van der Waals surface area contributed by atoms with Crippen molar-refractivity contribution in [3.63, 3.8) is 0 Å². The Morgan fingerprint density at radius 3 is 2.35 bits per heavy atom. The number of rotatable bonds is 11. The van der Waals surface area contributed by atoms with Gasteiger partial charge in [0.2, 0.25) is 0 Å². The molecule has 0 aromatic heterocycles. The summed E-state index contributed by atoms with van der Waals surface area (Å²) in [6.45, 7) is 17.3. The molecule has 0 bridgehead atoms. The molecule has 1 N–H and O–H groups in total. The maximum absolute atomic E-state index is 3.87. The van der Waals surface area contributed by atoms with Crippen molar-refractivity contribution in [1.82, 2.24) is 10.2 Å². The first-order chi connectivity index (χ1) is 8.15. The molecule has 1 unspecified atom stereocenters. The molecule has 0 saturated heterocycles. The quantitative estimate of drug-likeness (QED) is 0.557. The molecule has 1 atom stereocenters. The van der Waals surface area contributed by atoms with E-state index in [0.29, 0.717) is 6.04 Å². The average Bonchev–Trinajstić information content (AvgIpc) is 2.27.